The van der Waals surface area contributed by atoms with Gasteiger partial charge in [-0.25, -0.2) is 0 Å². The summed E-state index contributed by atoms with van der Waals surface area (Å²) in [6.45, 7) is 1.12. The summed E-state index contributed by atoms with van der Waals surface area (Å²) >= 11 is 0. The summed E-state index contributed by atoms with van der Waals surface area (Å²) in [5, 5.41) is 0.879. The van der Waals surface area contributed by atoms with E-state index in [1.165, 1.54) is 0 Å². The number of rotatable bonds is 1. The molecule has 2 fully saturated rings. The molecule has 0 bridgehead atoms. The number of nitrogens with zero attached hydrogens (tertiary/aromatic N) is 1. The molecule has 1 aliphatic carbocycles. The molecule has 2 heterocycles. The summed E-state index contributed by atoms with van der Waals surface area (Å²) in [6, 6.07) is 9.34. The second-order valence-electron chi connectivity index (χ2n) is 6.36. The molecule has 1 aliphatic heterocycles. The molecule has 2 aliphatic rings. The largest absolute Gasteiger partial charge is 0.374 e. The van der Waals surface area contributed by atoms with Crippen molar-refractivity contribution < 1.29 is 9.53 Å². The third kappa shape index (κ3) is 2.55. The van der Waals surface area contributed by atoms with Crippen molar-refractivity contribution in [3.63, 3.8) is 0 Å². The zero-order valence-electron chi connectivity index (χ0n) is 13.0. The third-order valence-electron chi connectivity index (χ3n) is 4.98. The molecule has 1 aromatic heterocycles. The van der Waals surface area contributed by atoms with Crippen molar-refractivity contribution >= 4 is 16.8 Å². The maximum Gasteiger partial charge on any atom is 0.261 e. The summed E-state index contributed by atoms with van der Waals surface area (Å²) in [5.74, 6) is -0.169. The van der Waals surface area contributed by atoms with Crippen molar-refractivity contribution in [2.24, 2.45) is 0 Å². The fraction of sp³-hybridized carbons (Fsp3) is 0.444. The van der Waals surface area contributed by atoms with Crippen molar-refractivity contribution in [3.8, 4) is 0 Å². The number of morpholine rings is 1. The van der Waals surface area contributed by atoms with Gasteiger partial charge in [0.05, 0.1) is 18.8 Å². The van der Waals surface area contributed by atoms with Gasteiger partial charge in [0.1, 0.15) is 5.56 Å². The number of hydrogen-bond donors (Lipinski definition) is 1. The first-order chi connectivity index (χ1) is 11.2. The van der Waals surface area contributed by atoms with E-state index >= 15 is 0 Å². The van der Waals surface area contributed by atoms with E-state index in [1.54, 1.807) is 6.07 Å². The van der Waals surface area contributed by atoms with E-state index in [4.69, 9.17) is 4.74 Å². The molecule has 1 saturated carbocycles. The highest BCUT2D eigenvalue weighted by atomic mass is 16.5. The van der Waals surface area contributed by atoms with Crippen molar-refractivity contribution in [1.82, 2.24) is 9.88 Å². The summed E-state index contributed by atoms with van der Waals surface area (Å²) in [5.41, 5.74) is 0.675. The summed E-state index contributed by atoms with van der Waals surface area (Å²) in [7, 11) is 0. The van der Waals surface area contributed by atoms with Gasteiger partial charge in [0, 0.05) is 12.1 Å². The Hall–Kier alpha value is -2.14. The molecule has 1 saturated heterocycles. The number of ether oxygens (including phenoxy) is 1. The van der Waals surface area contributed by atoms with Gasteiger partial charge in [-0.3, -0.25) is 9.59 Å². The van der Waals surface area contributed by atoms with E-state index in [9.17, 15) is 9.59 Å². The number of amides is 1. The van der Waals surface area contributed by atoms with Crippen LogP contribution in [0.25, 0.3) is 10.9 Å². The first-order valence-corrected chi connectivity index (χ1v) is 8.29. The number of para-hydroxylation sites is 1. The minimum atomic E-state index is -0.312. The van der Waals surface area contributed by atoms with Gasteiger partial charge in [0.15, 0.2) is 0 Å². The average molecular weight is 312 g/mol. The van der Waals surface area contributed by atoms with E-state index in [2.05, 4.69) is 4.98 Å². The smallest absolute Gasteiger partial charge is 0.261 e. The lowest BCUT2D eigenvalue weighted by Crippen LogP contribution is -2.55. The SMILES string of the molecule is O=C(c1cc2ccccc2[nH]c1=O)N1CCOC2CCCCC21. The van der Waals surface area contributed by atoms with Gasteiger partial charge in [0.25, 0.3) is 11.5 Å². The van der Waals surface area contributed by atoms with E-state index < -0.39 is 0 Å². The maximum absolute atomic E-state index is 13.0. The molecule has 1 aromatic carbocycles. The standard InChI is InChI=1S/C18H20N2O3/c21-17-13(11-12-5-1-2-6-14(12)19-17)18(22)20-9-10-23-16-8-4-3-7-15(16)20/h1-2,5-6,11,15-16H,3-4,7-10H2,(H,19,21). The molecule has 0 radical (unpaired) electrons. The van der Waals surface area contributed by atoms with E-state index in [1.807, 2.05) is 29.2 Å². The average Bonchev–Trinajstić information content (AvgIpc) is 2.60. The van der Waals surface area contributed by atoms with Crippen molar-refractivity contribution in [1.29, 1.82) is 0 Å². The third-order valence-corrected chi connectivity index (χ3v) is 4.98. The Balaban J connectivity index is 1.70. The highest BCUT2D eigenvalue weighted by Gasteiger charge is 2.37. The molecule has 4 rings (SSSR count). The molecule has 5 nitrogen and oxygen atoms in total. The number of nitrogens with one attached hydrogen (secondary N) is 1. The zero-order chi connectivity index (χ0) is 15.8. The lowest BCUT2D eigenvalue weighted by molar-refractivity contribution is -0.0753. The number of fused-ring (bicyclic) bond motifs is 2. The molecule has 2 unspecified atom stereocenters. The summed E-state index contributed by atoms with van der Waals surface area (Å²) in [4.78, 5) is 30.0. The molecule has 1 N–H and O–H groups in total. The number of benzene rings is 1. The molecule has 2 atom stereocenters. The highest BCUT2D eigenvalue weighted by Crippen LogP contribution is 2.29. The lowest BCUT2D eigenvalue weighted by atomic mass is 9.89. The number of carbonyl (C=O) groups excluding carboxylic acids is 1. The highest BCUT2D eigenvalue weighted by molar-refractivity contribution is 5.97. The van der Waals surface area contributed by atoms with Crippen LogP contribution in [0, 0.1) is 0 Å². The Morgan fingerprint density at radius 1 is 1.22 bits per heavy atom. The predicted octanol–water partition coefficient (Wildman–Crippen LogP) is 2.31. The van der Waals surface area contributed by atoms with Crippen molar-refractivity contribution in [2.45, 2.75) is 37.8 Å². The van der Waals surface area contributed by atoms with Crippen molar-refractivity contribution in [3.05, 3.63) is 46.2 Å². The minimum absolute atomic E-state index is 0.107. The van der Waals surface area contributed by atoms with Gasteiger partial charge >= 0.3 is 0 Å². The van der Waals surface area contributed by atoms with E-state index in [-0.39, 0.29) is 29.2 Å². The Bertz CT molecular complexity index is 796. The van der Waals surface area contributed by atoms with Crippen LogP contribution < -0.4 is 5.56 Å². The first kappa shape index (κ1) is 14.5. The van der Waals surface area contributed by atoms with Crippen LogP contribution in [0.15, 0.2) is 35.1 Å². The molecule has 0 spiro atoms. The Morgan fingerprint density at radius 3 is 2.96 bits per heavy atom. The summed E-state index contributed by atoms with van der Waals surface area (Å²) in [6.07, 6.45) is 4.35. The van der Waals surface area contributed by atoms with Gasteiger partial charge in [-0.15, -0.1) is 0 Å². The van der Waals surface area contributed by atoms with Crippen LogP contribution >= 0.6 is 0 Å². The monoisotopic (exact) mass is 312 g/mol. The fourth-order valence-corrected chi connectivity index (χ4v) is 3.81. The first-order valence-electron chi connectivity index (χ1n) is 8.29. The molecule has 2 aromatic rings. The Morgan fingerprint density at radius 2 is 2.04 bits per heavy atom. The van der Waals surface area contributed by atoms with Gasteiger partial charge in [-0.2, -0.15) is 0 Å². The molecule has 1 amide bonds. The van der Waals surface area contributed by atoms with Gasteiger partial charge in [-0.1, -0.05) is 31.0 Å². The van der Waals surface area contributed by atoms with Crippen LogP contribution in [-0.2, 0) is 4.74 Å². The Kier molecular flexibility index (Phi) is 3.65. The van der Waals surface area contributed by atoms with E-state index in [0.29, 0.717) is 13.2 Å². The number of H-pyrrole nitrogens is 1. The molecular weight excluding hydrogens is 292 g/mol. The number of carbonyl (C=O) groups is 1. The number of hydrogen-bond acceptors (Lipinski definition) is 3. The fourth-order valence-electron chi connectivity index (χ4n) is 3.81. The normalized spacial score (nSPS) is 24.4. The predicted molar refractivity (Wildman–Crippen MR) is 87.6 cm³/mol. The molecule has 5 heteroatoms. The van der Waals surface area contributed by atoms with Gasteiger partial charge in [0.2, 0.25) is 0 Å². The second-order valence-corrected chi connectivity index (χ2v) is 6.36. The van der Waals surface area contributed by atoms with Crippen LogP contribution in [-0.4, -0.2) is 41.1 Å². The number of pyridine rings is 1. The van der Waals surface area contributed by atoms with Crippen LogP contribution in [0.2, 0.25) is 0 Å². The molecule has 120 valence electrons. The Labute approximate surface area is 134 Å². The van der Waals surface area contributed by atoms with E-state index in [0.717, 1.165) is 36.6 Å². The van der Waals surface area contributed by atoms with Crippen molar-refractivity contribution in [2.75, 3.05) is 13.2 Å². The lowest BCUT2D eigenvalue weighted by Gasteiger charge is -2.43. The van der Waals surface area contributed by atoms with Crippen LogP contribution in [0.3, 0.4) is 0 Å². The van der Waals surface area contributed by atoms with Crippen LogP contribution in [0.5, 0.6) is 0 Å². The number of aromatic nitrogens is 1. The van der Waals surface area contributed by atoms with Gasteiger partial charge < -0.3 is 14.6 Å². The number of aromatic amines is 1. The molecular formula is C18H20N2O3. The topological polar surface area (TPSA) is 62.4 Å². The van der Waals surface area contributed by atoms with Crippen LogP contribution in [0.4, 0.5) is 0 Å². The maximum atomic E-state index is 13.0. The van der Waals surface area contributed by atoms with Gasteiger partial charge in [-0.05, 0) is 30.4 Å². The zero-order valence-corrected chi connectivity index (χ0v) is 13.0. The molecule has 23 heavy (non-hydrogen) atoms. The quantitative estimate of drug-likeness (QED) is 0.879. The summed E-state index contributed by atoms with van der Waals surface area (Å²) < 4.78 is 5.82. The minimum Gasteiger partial charge on any atom is -0.374 e. The second kappa shape index (κ2) is 5.81. The van der Waals surface area contributed by atoms with Crippen LogP contribution in [0.1, 0.15) is 36.0 Å².